The first-order valence-electron chi connectivity index (χ1n) is 7.21. The molecular weight excluding hydrogens is 239 g/mol. The van der Waals surface area contributed by atoms with Gasteiger partial charge in [-0.05, 0) is 37.3 Å². The fourth-order valence-electron chi connectivity index (χ4n) is 3.76. The van der Waals surface area contributed by atoms with Crippen LogP contribution in [0.4, 0.5) is 10.1 Å². The number of anilines is 1. The van der Waals surface area contributed by atoms with E-state index in [9.17, 15) is 4.39 Å². The molecule has 0 bridgehead atoms. The Kier molecular flexibility index (Phi) is 3.86. The number of rotatable bonds is 4. The number of likely N-dealkylation sites (N-methyl/N-ethyl adjacent to an activating group) is 1. The van der Waals surface area contributed by atoms with Gasteiger partial charge >= 0.3 is 0 Å². The van der Waals surface area contributed by atoms with E-state index in [1.807, 2.05) is 12.1 Å². The summed E-state index contributed by atoms with van der Waals surface area (Å²) >= 11 is 0. The molecule has 1 atom stereocenters. The molecule has 1 fully saturated rings. The first kappa shape index (κ1) is 14.3. The molecule has 1 saturated carbocycles. The second-order valence-corrected chi connectivity index (χ2v) is 6.17. The van der Waals surface area contributed by atoms with Crippen molar-refractivity contribution in [2.24, 2.45) is 11.1 Å². The molecule has 2 rings (SSSR count). The second-order valence-electron chi connectivity index (χ2n) is 6.17. The van der Waals surface area contributed by atoms with Crippen molar-refractivity contribution in [1.82, 2.24) is 0 Å². The lowest BCUT2D eigenvalue weighted by molar-refractivity contribution is 0.200. The number of hydrogen-bond donors (Lipinski definition) is 1. The van der Waals surface area contributed by atoms with Crippen molar-refractivity contribution < 1.29 is 4.39 Å². The zero-order valence-electron chi connectivity index (χ0n) is 12.2. The second kappa shape index (κ2) is 5.12. The van der Waals surface area contributed by atoms with Crippen molar-refractivity contribution in [2.75, 3.05) is 18.0 Å². The van der Waals surface area contributed by atoms with E-state index in [2.05, 4.69) is 25.7 Å². The number of benzene rings is 1. The number of para-hydroxylation sites is 1. The average Bonchev–Trinajstić information content (AvgIpc) is 2.69. The van der Waals surface area contributed by atoms with Crippen LogP contribution in [0.5, 0.6) is 0 Å². The number of nitrogens with zero attached hydrogens (tertiary/aromatic N) is 1. The standard InChI is InChI=1S/C16H25FN2/c1-4-19(14-9-6-5-8-13(14)17)16(12-18)11-7-10-15(16,2)3/h5-6,8-9H,4,7,10-12,18H2,1-3H3. The lowest BCUT2D eigenvalue weighted by Crippen LogP contribution is -2.60. The summed E-state index contributed by atoms with van der Waals surface area (Å²) in [5.41, 5.74) is 6.81. The third kappa shape index (κ3) is 2.14. The Morgan fingerprint density at radius 3 is 2.42 bits per heavy atom. The molecule has 0 heterocycles. The van der Waals surface area contributed by atoms with Crippen molar-refractivity contribution in [3.05, 3.63) is 30.1 Å². The van der Waals surface area contributed by atoms with Crippen molar-refractivity contribution in [2.45, 2.75) is 45.6 Å². The zero-order valence-corrected chi connectivity index (χ0v) is 12.2. The van der Waals surface area contributed by atoms with E-state index < -0.39 is 0 Å². The minimum absolute atomic E-state index is 0.111. The van der Waals surface area contributed by atoms with Crippen LogP contribution in [0.2, 0.25) is 0 Å². The maximum atomic E-state index is 14.2. The van der Waals surface area contributed by atoms with Crippen molar-refractivity contribution in [3.63, 3.8) is 0 Å². The van der Waals surface area contributed by atoms with E-state index in [1.165, 1.54) is 6.07 Å². The lowest BCUT2D eigenvalue weighted by Gasteiger charge is -2.50. The van der Waals surface area contributed by atoms with Gasteiger partial charge in [0.25, 0.3) is 0 Å². The fourth-order valence-corrected chi connectivity index (χ4v) is 3.76. The summed E-state index contributed by atoms with van der Waals surface area (Å²) in [6.45, 7) is 7.95. The smallest absolute Gasteiger partial charge is 0.146 e. The van der Waals surface area contributed by atoms with Crippen LogP contribution in [0.25, 0.3) is 0 Å². The topological polar surface area (TPSA) is 29.3 Å². The molecule has 2 N–H and O–H groups in total. The number of hydrogen-bond acceptors (Lipinski definition) is 2. The molecule has 3 heteroatoms. The predicted octanol–water partition coefficient (Wildman–Crippen LogP) is 3.56. The van der Waals surface area contributed by atoms with Gasteiger partial charge in [-0.15, -0.1) is 0 Å². The third-order valence-corrected chi connectivity index (χ3v) is 4.97. The summed E-state index contributed by atoms with van der Waals surface area (Å²) in [4.78, 5) is 2.19. The molecule has 0 amide bonds. The largest absolute Gasteiger partial charge is 0.362 e. The highest BCUT2D eigenvalue weighted by Gasteiger charge is 2.51. The summed E-state index contributed by atoms with van der Waals surface area (Å²) in [5.74, 6) is -0.153. The van der Waals surface area contributed by atoms with Gasteiger partial charge in [0, 0.05) is 13.1 Å². The normalized spacial score (nSPS) is 25.5. The van der Waals surface area contributed by atoms with E-state index in [1.54, 1.807) is 6.07 Å². The Bertz CT molecular complexity index is 444. The van der Waals surface area contributed by atoms with Crippen LogP contribution >= 0.6 is 0 Å². The molecule has 1 aliphatic rings. The van der Waals surface area contributed by atoms with E-state index >= 15 is 0 Å². The quantitative estimate of drug-likeness (QED) is 0.901. The maximum absolute atomic E-state index is 14.2. The first-order chi connectivity index (χ1) is 8.98. The fraction of sp³-hybridized carbons (Fsp3) is 0.625. The highest BCUT2D eigenvalue weighted by Crippen LogP contribution is 2.50. The van der Waals surface area contributed by atoms with Gasteiger partial charge in [0.1, 0.15) is 5.82 Å². The van der Waals surface area contributed by atoms with Gasteiger partial charge in [-0.2, -0.15) is 0 Å². The van der Waals surface area contributed by atoms with Crippen LogP contribution in [0.3, 0.4) is 0 Å². The van der Waals surface area contributed by atoms with Crippen molar-refractivity contribution in [1.29, 1.82) is 0 Å². The predicted molar refractivity (Wildman–Crippen MR) is 78.8 cm³/mol. The number of halogens is 1. The highest BCUT2D eigenvalue weighted by atomic mass is 19.1. The molecular formula is C16H25FN2. The zero-order chi connectivity index (χ0) is 14.1. The molecule has 1 aromatic carbocycles. The molecule has 0 radical (unpaired) electrons. The third-order valence-electron chi connectivity index (χ3n) is 4.97. The molecule has 0 spiro atoms. The molecule has 106 valence electrons. The van der Waals surface area contributed by atoms with Gasteiger partial charge in [0.05, 0.1) is 11.2 Å². The van der Waals surface area contributed by atoms with Gasteiger partial charge in [-0.1, -0.05) is 32.4 Å². The summed E-state index contributed by atoms with van der Waals surface area (Å²) in [6, 6.07) is 7.03. The maximum Gasteiger partial charge on any atom is 0.146 e. The summed E-state index contributed by atoms with van der Waals surface area (Å²) in [5, 5.41) is 0. The van der Waals surface area contributed by atoms with Gasteiger partial charge in [-0.25, -0.2) is 4.39 Å². The van der Waals surface area contributed by atoms with Gasteiger partial charge < -0.3 is 10.6 Å². The molecule has 0 saturated heterocycles. The summed E-state index contributed by atoms with van der Waals surface area (Å²) in [6.07, 6.45) is 3.35. The Balaban J connectivity index is 2.49. The summed E-state index contributed by atoms with van der Waals surface area (Å²) < 4.78 is 14.2. The molecule has 1 aromatic rings. The Morgan fingerprint density at radius 1 is 1.26 bits per heavy atom. The van der Waals surface area contributed by atoms with Crippen LogP contribution < -0.4 is 10.6 Å². The molecule has 19 heavy (non-hydrogen) atoms. The van der Waals surface area contributed by atoms with Crippen LogP contribution in [0, 0.1) is 11.2 Å². The Morgan fingerprint density at radius 2 is 1.95 bits per heavy atom. The van der Waals surface area contributed by atoms with Gasteiger partial charge in [0.2, 0.25) is 0 Å². The van der Waals surface area contributed by atoms with E-state index in [-0.39, 0.29) is 16.8 Å². The highest BCUT2D eigenvalue weighted by molar-refractivity contribution is 5.51. The van der Waals surface area contributed by atoms with Crippen molar-refractivity contribution >= 4 is 5.69 Å². The SMILES string of the molecule is CCN(c1ccccc1F)C1(CN)CCCC1(C)C. The first-order valence-corrected chi connectivity index (χ1v) is 7.21. The molecule has 1 aliphatic carbocycles. The van der Waals surface area contributed by atoms with Crippen LogP contribution in [-0.4, -0.2) is 18.6 Å². The van der Waals surface area contributed by atoms with Gasteiger partial charge in [0.15, 0.2) is 0 Å². The summed E-state index contributed by atoms with van der Waals surface area (Å²) in [7, 11) is 0. The van der Waals surface area contributed by atoms with Crippen LogP contribution in [-0.2, 0) is 0 Å². The minimum Gasteiger partial charge on any atom is -0.362 e. The van der Waals surface area contributed by atoms with Gasteiger partial charge in [-0.3, -0.25) is 0 Å². The number of nitrogens with two attached hydrogens (primary N) is 1. The van der Waals surface area contributed by atoms with E-state index in [0.717, 1.165) is 25.8 Å². The average molecular weight is 264 g/mol. The monoisotopic (exact) mass is 264 g/mol. The Labute approximate surface area is 115 Å². The van der Waals surface area contributed by atoms with Crippen LogP contribution in [0.15, 0.2) is 24.3 Å². The van der Waals surface area contributed by atoms with E-state index in [0.29, 0.717) is 12.2 Å². The molecule has 0 aromatic heterocycles. The minimum atomic E-state index is -0.153. The molecule has 1 unspecified atom stereocenters. The Hall–Kier alpha value is -1.09. The van der Waals surface area contributed by atoms with Crippen LogP contribution in [0.1, 0.15) is 40.0 Å². The van der Waals surface area contributed by atoms with E-state index in [4.69, 9.17) is 5.73 Å². The molecule has 2 nitrogen and oxygen atoms in total. The molecule has 0 aliphatic heterocycles. The lowest BCUT2D eigenvalue weighted by atomic mass is 9.73. The van der Waals surface area contributed by atoms with Crippen molar-refractivity contribution in [3.8, 4) is 0 Å².